The van der Waals surface area contributed by atoms with Crippen molar-refractivity contribution in [2.45, 2.75) is 18.9 Å². The molecular weight excluding hydrogens is 278 g/mol. The van der Waals surface area contributed by atoms with Gasteiger partial charge in [-0.05, 0) is 31.0 Å². The molecule has 1 unspecified atom stereocenters. The van der Waals surface area contributed by atoms with Crippen LogP contribution in [0.3, 0.4) is 0 Å². The van der Waals surface area contributed by atoms with E-state index in [1.807, 2.05) is 0 Å². The van der Waals surface area contributed by atoms with Crippen LogP contribution in [0.25, 0.3) is 0 Å². The van der Waals surface area contributed by atoms with E-state index in [-0.39, 0.29) is 29.4 Å². The van der Waals surface area contributed by atoms with E-state index in [1.54, 1.807) is 4.90 Å². The first kappa shape index (κ1) is 15.2. The lowest BCUT2D eigenvalue weighted by atomic mass is 10.1. The van der Waals surface area contributed by atoms with Gasteiger partial charge in [0, 0.05) is 19.1 Å². The van der Waals surface area contributed by atoms with Crippen LogP contribution in [0.1, 0.15) is 23.2 Å². The molecule has 1 aliphatic heterocycles. The Morgan fingerprint density at radius 3 is 2.83 bits per heavy atom. The lowest BCUT2D eigenvalue weighted by Gasteiger charge is -2.31. The second kappa shape index (κ2) is 6.36. The Morgan fingerprint density at radius 2 is 2.22 bits per heavy atom. The topological polar surface area (TPSA) is 46.3 Å². The van der Waals surface area contributed by atoms with Crippen molar-refractivity contribution in [1.82, 2.24) is 4.90 Å². The summed E-state index contributed by atoms with van der Waals surface area (Å²) in [6, 6.07) is 3.83. The van der Waals surface area contributed by atoms with Gasteiger partial charge < -0.3 is 10.6 Å². The molecule has 1 atom stereocenters. The van der Waals surface area contributed by atoms with E-state index in [2.05, 4.69) is 0 Å². The molecule has 0 spiro atoms. The first-order valence-corrected chi connectivity index (χ1v) is 5.95. The van der Waals surface area contributed by atoms with Gasteiger partial charge in [0.2, 0.25) is 0 Å². The summed E-state index contributed by atoms with van der Waals surface area (Å²) in [5.74, 6) is -0.618. The maximum atomic E-state index is 12.9. The van der Waals surface area contributed by atoms with Gasteiger partial charge in [0.1, 0.15) is 5.82 Å². The highest BCUT2D eigenvalue weighted by Crippen LogP contribution is 2.20. The SMILES string of the molecule is Cl.NC1CCCN(C(=O)c2ccc(F)cc2Cl)C1. The van der Waals surface area contributed by atoms with Crippen LogP contribution in [0.4, 0.5) is 4.39 Å². The van der Waals surface area contributed by atoms with Gasteiger partial charge in [-0.25, -0.2) is 4.39 Å². The highest BCUT2D eigenvalue weighted by atomic mass is 35.5. The fourth-order valence-corrected chi connectivity index (χ4v) is 2.28. The van der Waals surface area contributed by atoms with Crippen molar-refractivity contribution < 1.29 is 9.18 Å². The molecule has 1 saturated heterocycles. The molecule has 2 N–H and O–H groups in total. The number of carbonyl (C=O) groups is 1. The van der Waals surface area contributed by atoms with Crippen LogP contribution in [-0.4, -0.2) is 29.9 Å². The Morgan fingerprint density at radius 1 is 1.50 bits per heavy atom. The van der Waals surface area contributed by atoms with E-state index >= 15 is 0 Å². The number of hydrogen-bond acceptors (Lipinski definition) is 2. The van der Waals surface area contributed by atoms with Crippen LogP contribution in [0, 0.1) is 5.82 Å². The molecular formula is C12H15Cl2FN2O. The summed E-state index contributed by atoms with van der Waals surface area (Å²) in [7, 11) is 0. The first-order chi connectivity index (χ1) is 8.08. The number of nitrogens with zero attached hydrogens (tertiary/aromatic N) is 1. The predicted molar refractivity (Wildman–Crippen MR) is 71.8 cm³/mol. The van der Waals surface area contributed by atoms with Gasteiger partial charge in [0.05, 0.1) is 10.6 Å². The predicted octanol–water partition coefficient (Wildman–Crippen LogP) is 2.46. The monoisotopic (exact) mass is 292 g/mol. The van der Waals surface area contributed by atoms with E-state index in [0.29, 0.717) is 18.7 Å². The minimum Gasteiger partial charge on any atom is -0.337 e. The van der Waals surface area contributed by atoms with Crippen molar-refractivity contribution in [2.75, 3.05) is 13.1 Å². The van der Waals surface area contributed by atoms with Crippen LogP contribution in [0.2, 0.25) is 5.02 Å². The third kappa shape index (κ3) is 3.34. The zero-order valence-corrected chi connectivity index (χ0v) is 11.3. The van der Waals surface area contributed by atoms with E-state index in [4.69, 9.17) is 17.3 Å². The van der Waals surface area contributed by atoms with Crippen molar-refractivity contribution in [3.63, 3.8) is 0 Å². The van der Waals surface area contributed by atoms with Gasteiger partial charge in [-0.15, -0.1) is 12.4 Å². The summed E-state index contributed by atoms with van der Waals surface area (Å²) in [6.45, 7) is 1.22. The number of piperidine rings is 1. The molecule has 1 amide bonds. The van der Waals surface area contributed by atoms with Gasteiger partial charge in [-0.2, -0.15) is 0 Å². The van der Waals surface area contributed by atoms with E-state index in [0.717, 1.165) is 18.9 Å². The standard InChI is InChI=1S/C12H14ClFN2O.ClH/c13-11-6-8(14)3-4-10(11)12(17)16-5-1-2-9(15)7-16;/h3-4,6,9H,1-2,5,7,15H2;1H. The normalized spacial score (nSPS) is 19.3. The van der Waals surface area contributed by atoms with E-state index < -0.39 is 5.82 Å². The Hall–Kier alpha value is -0.840. The quantitative estimate of drug-likeness (QED) is 0.864. The van der Waals surface area contributed by atoms with Crippen molar-refractivity contribution in [3.05, 3.63) is 34.6 Å². The van der Waals surface area contributed by atoms with Gasteiger partial charge in [-0.1, -0.05) is 11.6 Å². The minimum absolute atomic E-state index is 0. The molecule has 18 heavy (non-hydrogen) atoms. The van der Waals surface area contributed by atoms with E-state index in [9.17, 15) is 9.18 Å². The average molecular weight is 293 g/mol. The number of carbonyl (C=O) groups excluding carboxylic acids is 1. The molecule has 0 aliphatic carbocycles. The molecule has 0 radical (unpaired) electrons. The molecule has 1 aromatic carbocycles. The largest absolute Gasteiger partial charge is 0.337 e. The second-order valence-corrected chi connectivity index (χ2v) is 4.68. The van der Waals surface area contributed by atoms with Crippen LogP contribution in [0.15, 0.2) is 18.2 Å². The number of halogens is 3. The summed E-state index contributed by atoms with van der Waals surface area (Å²) >= 11 is 5.86. The lowest BCUT2D eigenvalue weighted by molar-refractivity contribution is 0.0709. The fourth-order valence-electron chi connectivity index (χ4n) is 2.03. The maximum Gasteiger partial charge on any atom is 0.255 e. The Bertz CT molecular complexity index is 442. The molecule has 1 aromatic rings. The van der Waals surface area contributed by atoms with Crippen molar-refractivity contribution >= 4 is 29.9 Å². The molecule has 1 fully saturated rings. The van der Waals surface area contributed by atoms with Crippen molar-refractivity contribution in [1.29, 1.82) is 0 Å². The fraction of sp³-hybridized carbons (Fsp3) is 0.417. The van der Waals surface area contributed by atoms with Crippen LogP contribution in [0.5, 0.6) is 0 Å². The van der Waals surface area contributed by atoms with Gasteiger partial charge >= 0.3 is 0 Å². The van der Waals surface area contributed by atoms with Crippen molar-refractivity contribution in [3.8, 4) is 0 Å². The Labute approximate surface area is 116 Å². The van der Waals surface area contributed by atoms with Crippen LogP contribution < -0.4 is 5.73 Å². The first-order valence-electron chi connectivity index (χ1n) is 5.58. The van der Waals surface area contributed by atoms with Crippen molar-refractivity contribution in [2.24, 2.45) is 5.73 Å². The molecule has 2 rings (SSSR count). The highest BCUT2D eigenvalue weighted by Gasteiger charge is 2.23. The van der Waals surface area contributed by atoms with Gasteiger partial charge in [0.25, 0.3) is 5.91 Å². The summed E-state index contributed by atoms with van der Waals surface area (Å²) < 4.78 is 12.9. The average Bonchev–Trinajstić information content (AvgIpc) is 2.28. The number of rotatable bonds is 1. The lowest BCUT2D eigenvalue weighted by Crippen LogP contribution is -2.45. The number of amides is 1. The molecule has 0 aromatic heterocycles. The Kier molecular flexibility index (Phi) is 5.38. The van der Waals surface area contributed by atoms with Crippen LogP contribution >= 0.6 is 24.0 Å². The molecule has 0 bridgehead atoms. The molecule has 3 nitrogen and oxygen atoms in total. The molecule has 0 saturated carbocycles. The molecule has 1 heterocycles. The maximum absolute atomic E-state index is 12.9. The van der Waals surface area contributed by atoms with Gasteiger partial charge in [-0.3, -0.25) is 4.79 Å². The third-order valence-corrected chi connectivity index (χ3v) is 3.22. The van der Waals surface area contributed by atoms with E-state index in [1.165, 1.54) is 12.1 Å². The molecule has 6 heteroatoms. The molecule has 1 aliphatic rings. The summed E-state index contributed by atoms with van der Waals surface area (Å²) in [6.07, 6.45) is 1.83. The minimum atomic E-state index is -0.443. The summed E-state index contributed by atoms with van der Waals surface area (Å²) in [4.78, 5) is 13.8. The highest BCUT2D eigenvalue weighted by molar-refractivity contribution is 6.33. The smallest absolute Gasteiger partial charge is 0.255 e. The molecule has 100 valence electrons. The summed E-state index contributed by atoms with van der Waals surface area (Å²) in [5, 5.41) is 0.147. The third-order valence-electron chi connectivity index (χ3n) is 2.91. The zero-order valence-electron chi connectivity index (χ0n) is 9.73. The Balaban J connectivity index is 0.00000162. The number of likely N-dealkylation sites (tertiary alicyclic amines) is 1. The number of nitrogens with two attached hydrogens (primary N) is 1. The second-order valence-electron chi connectivity index (χ2n) is 4.28. The zero-order chi connectivity index (χ0) is 12.4. The van der Waals surface area contributed by atoms with Crippen LogP contribution in [-0.2, 0) is 0 Å². The number of hydrogen-bond donors (Lipinski definition) is 1. The number of benzene rings is 1. The summed E-state index contributed by atoms with van der Waals surface area (Å²) in [5.41, 5.74) is 6.15. The van der Waals surface area contributed by atoms with Gasteiger partial charge in [0.15, 0.2) is 0 Å².